The number of carbonyl (C=O) groups is 1. The first-order valence-electron chi connectivity index (χ1n) is 9.91. The number of aryl methyl sites for hydroxylation is 1. The van der Waals surface area contributed by atoms with Gasteiger partial charge in [-0.2, -0.15) is 5.10 Å². The van der Waals surface area contributed by atoms with Crippen molar-refractivity contribution in [3.8, 4) is 28.6 Å². The van der Waals surface area contributed by atoms with Gasteiger partial charge in [-0.15, -0.1) is 10.2 Å². The Balaban J connectivity index is 1.49. The van der Waals surface area contributed by atoms with Crippen molar-refractivity contribution in [3.63, 3.8) is 0 Å². The highest BCUT2D eigenvalue weighted by molar-refractivity contribution is 7.99. The molecule has 4 aromatic rings. The maximum absolute atomic E-state index is 12.3. The van der Waals surface area contributed by atoms with Gasteiger partial charge in [-0.3, -0.25) is 14.3 Å². The van der Waals surface area contributed by atoms with E-state index in [0.29, 0.717) is 16.5 Å². The van der Waals surface area contributed by atoms with Crippen molar-refractivity contribution in [2.75, 3.05) is 5.75 Å². The molecule has 0 aliphatic rings. The maximum atomic E-state index is 12.3. The number of carbonyl (C=O) groups excluding carboxylic acids is 1. The van der Waals surface area contributed by atoms with Gasteiger partial charge in [0, 0.05) is 35.3 Å². The molecule has 9 nitrogen and oxygen atoms in total. The number of benzene rings is 2. The van der Waals surface area contributed by atoms with Crippen molar-refractivity contribution >= 4 is 23.9 Å². The summed E-state index contributed by atoms with van der Waals surface area (Å²) in [6.07, 6.45) is 4.68. The fraction of sp³-hybridized carbons (Fsp3) is 0.0870. The monoisotopic (exact) mass is 460 g/mol. The summed E-state index contributed by atoms with van der Waals surface area (Å²) in [6.45, 7) is 2.01. The molecule has 0 bridgehead atoms. The zero-order valence-electron chi connectivity index (χ0n) is 17.6. The molecule has 0 radical (unpaired) electrons. The molecule has 0 saturated carbocycles. The van der Waals surface area contributed by atoms with Crippen LogP contribution in [0.3, 0.4) is 0 Å². The number of amides is 1. The molecule has 10 heteroatoms. The van der Waals surface area contributed by atoms with Crippen molar-refractivity contribution in [3.05, 3.63) is 78.1 Å². The second-order valence-corrected chi connectivity index (χ2v) is 7.98. The van der Waals surface area contributed by atoms with Crippen molar-refractivity contribution < 1.29 is 15.0 Å². The lowest BCUT2D eigenvalue weighted by molar-refractivity contribution is -0.118. The number of rotatable bonds is 7. The highest BCUT2D eigenvalue weighted by atomic mass is 32.2. The second-order valence-electron chi connectivity index (χ2n) is 7.04. The standard InChI is InChI=1S/C23H20N6O3S/c1-15-2-5-18(6-3-15)29-22(16-8-10-24-11-9-16)27-28-23(29)33-14-21(32)26-25-13-17-4-7-19(30)12-20(17)31/h2-13,30-31H,14H2,1H3,(H,26,32)/b25-13+. The van der Waals surface area contributed by atoms with E-state index >= 15 is 0 Å². The smallest absolute Gasteiger partial charge is 0.250 e. The minimum Gasteiger partial charge on any atom is -0.508 e. The van der Waals surface area contributed by atoms with E-state index in [-0.39, 0.29) is 23.2 Å². The first kappa shape index (κ1) is 22.0. The van der Waals surface area contributed by atoms with Gasteiger partial charge in [0.1, 0.15) is 11.5 Å². The van der Waals surface area contributed by atoms with E-state index in [1.54, 1.807) is 12.4 Å². The molecule has 33 heavy (non-hydrogen) atoms. The van der Waals surface area contributed by atoms with E-state index in [1.165, 1.54) is 36.2 Å². The first-order valence-corrected chi connectivity index (χ1v) is 10.9. The van der Waals surface area contributed by atoms with Crippen LogP contribution in [0, 0.1) is 6.92 Å². The summed E-state index contributed by atoms with van der Waals surface area (Å²) < 4.78 is 1.89. The zero-order chi connectivity index (χ0) is 23.2. The van der Waals surface area contributed by atoms with Gasteiger partial charge in [0.15, 0.2) is 11.0 Å². The Labute approximate surface area is 193 Å². The van der Waals surface area contributed by atoms with Gasteiger partial charge in [-0.25, -0.2) is 5.43 Å². The van der Waals surface area contributed by atoms with Gasteiger partial charge in [0.2, 0.25) is 0 Å². The van der Waals surface area contributed by atoms with Gasteiger partial charge in [0.25, 0.3) is 5.91 Å². The van der Waals surface area contributed by atoms with Crippen LogP contribution >= 0.6 is 11.8 Å². The number of phenolic OH excluding ortho intramolecular Hbond substituents is 2. The van der Waals surface area contributed by atoms with Crippen LogP contribution in [0.25, 0.3) is 17.1 Å². The molecule has 0 saturated heterocycles. The highest BCUT2D eigenvalue weighted by Gasteiger charge is 2.17. The minimum absolute atomic E-state index is 0.0548. The summed E-state index contributed by atoms with van der Waals surface area (Å²) >= 11 is 1.23. The molecule has 4 rings (SSSR count). The SMILES string of the molecule is Cc1ccc(-n2c(SCC(=O)N/N=C/c3ccc(O)cc3O)nnc2-c2ccncc2)cc1. The van der Waals surface area contributed by atoms with Crippen molar-refractivity contribution in [1.82, 2.24) is 25.2 Å². The summed E-state index contributed by atoms with van der Waals surface area (Å²) in [6, 6.07) is 15.7. The molecule has 3 N–H and O–H groups in total. The lowest BCUT2D eigenvalue weighted by atomic mass is 10.2. The molecule has 1 amide bonds. The molecule has 0 spiro atoms. The van der Waals surface area contributed by atoms with E-state index in [0.717, 1.165) is 16.8 Å². The molecule has 0 atom stereocenters. The summed E-state index contributed by atoms with van der Waals surface area (Å²) in [4.78, 5) is 16.4. The van der Waals surface area contributed by atoms with Gasteiger partial charge in [-0.05, 0) is 43.3 Å². The van der Waals surface area contributed by atoms with Crippen LogP contribution in [0.4, 0.5) is 0 Å². The number of hydrogen-bond donors (Lipinski definition) is 3. The number of thioether (sulfide) groups is 1. The fourth-order valence-corrected chi connectivity index (χ4v) is 3.70. The van der Waals surface area contributed by atoms with Crippen LogP contribution in [-0.2, 0) is 4.79 Å². The predicted molar refractivity (Wildman–Crippen MR) is 126 cm³/mol. The van der Waals surface area contributed by atoms with Gasteiger partial charge in [0.05, 0.1) is 12.0 Å². The topological polar surface area (TPSA) is 126 Å². The Hall–Kier alpha value is -4.18. The highest BCUT2D eigenvalue weighted by Crippen LogP contribution is 2.28. The number of nitrogens with zero attached hydrogens (tertiary/aromatic N) is 5. The molecule has 2 aromatic heterocycles. The van der Waals surface area contributed by atoms with Crippen molar-refractivity contribution in [2.45, 2.75) is 12.1 Å². The summed E-state index contributed by atoms with van der Waals surface area (Å²) in [5, 5.41) is 32.1. The number of aromatic nitrogens is 4. The van der Waals surface area contributed by atoms with E-state index < -0.39 is 0 Å². The fourth-order valence-electron chi connectivity index (χ4n) is 2.96. The average molecular weight is 461 g/mol. The molecule has 2 aromatic carbocycles. The van der Waals surface area contributed by atoms with Crippen LogP contribution in [0.15, 0.2) is 77.2 Å². The third-order valence-electron chi connectivity index (χ3n) is 4.60. The Morgan fingerprint density at radius 2 is 1.85 bits per heavy atom. The van der Waals surface area contributed by atoms with Gasteiger partial charge >= 0.3 is 0 Å². The molecule has 0 aliphatic heterocycles. The van der Waals surface area contributed by atoms with Crippen molar-refractivity contribution in [1.29, 1.82) is 0 Å². The normalized spacial score (nSPS) is 11.1. The van der Waals surface area contributed by atoms with E-state index in [9.17, 15) is 15.0 Å². The Morgan fingerprint density at radius 3 is 2.58 bits per heavy atom. The zero-order valence-corrected chi connectivity index (χ0v) is 18.4. The van der Waals surface area contributed by atoms with E-state index in [1.807, 2.05) is 47.9 Å². The van der Waals surface area contributed by atoms with Gasteiger partial charge < -0.3 is 10.2 Å². The molecular weight excluding hydrogens is 440 g/mol. The third kappa shape index (κ3) is 5.36. The molecular formula is C23H20N6O3S. The van der Waals surface area contributed by atoms with Gasteiger partial charge in [-0.1, -0.05) is 29.5 Å². The molecule has 0 aliphatic carbocycles. The third-order valence-corrected chi connectivity index (χ3v) is 5.53. The van der Waals surface area contributed by atoms with Crippen LogP contribution in [0.1, 0.15) is 11.1 Å². The van der Waals surface area contributed by atoms with Crippen molar-refractivity contribution in [2.24, 2.45) is 5.10 Å². The van der Waals surface area contributed by atoms with Crippen LogP contribution in [0.5, 0.6) is 11.5 Å². The Morgan fingerprint density at radius 1 is 1.09 bits per heavy atom. The maximum Gasteiger partial charge on any atom is 0.250 e. The Bertz CT molecular complexity index is 1290. The van der Waals surface area contributed by atoms with Crippen LogP contribution in [0.2, 0.25) is 0 Å². The second kappa shape index (κ2) is 9.96. The number of nitrogens with one attached hydrogen (secondary N) is 1. The van der Waals surface area contributed by atoms with Crippen LogP contribution in [-0.4, -0.2) is 47.8 Å². The number of phenols is 2. The number of pyridine rings is 1. The summed E-state index contributed by atoms with van der Waals surface area (Å²) in [7, 11) is 0. The van der Waals surface area contributed by atoms with E-state index in [2.05, 4.69) is 25.7 Å². The number of hydrazone groups is 1. The molecule has 166 valence electrons. The summed E-state index contributed by atoms with van der Waals surface area (Å²) in [5.41, 5.74) is 5.64. The first-order chi connectivity index (χ1) is 16.0. The number of aromatic hydroxyl groups is 2. The predicted octanol–water partition coefficient (Wildman–Crippen LogP) is 3.29. The Kier molecular flexibility index (Phi) is 6.65. The quantitative estimate of drug-likeness (QED) is 0.219. The lowest BCUT2D eigenvalue weighted by Gasteiger charge is -2.10. The van der Waals surface area contributed by atoms with E-state index in [4.69, 9.17) is 0 Å². The lowest BCUT2D eigenvalue weighted by Crippen LogP contribution is -2.20. The average Bonchev–Trinajstić information content (AvgIpc) is 3.24. The molecule has 0 fully saturated rings. The molecule has 0 unspecified atom stereocenters. The largest absolute Gasteiger partial charge is 0.508 e. The van der Waals surface area contributed by atoms with Crippen LogP contribution < -0.4 is 5.43 Å². The minimum atomic E-state index is -0.349. The molecule has 2 heterocycles. The number of hydrogen-bond acceptors (Lipinski definition) is 8. The summed E-state index contributed by atoms with van der Waals surface area (Å²) in [5.74, 6) is 0.147.